The molecule has 1 aliphatic rings. The number of esters is 1. The van der Waals surface area contributed by atoms with E-state index in [4.69, 9.17) is 9.47 Å². The standard InChI is InChI=1S/C16H19BrFNO4/c1-10(16(21)19-12-4-2-3-5-12)23-15(20)9-22-14-7-6-11(18)8-13(14)17/h6-8,10,12H,2-5,9H2,1H3,(H,19,21)/t10-/m0/s1. The molecule has 2 rings (SSSR count). The molecule has 1 amide bonds. The number of benzene rings is 1. The van der Waals surface area contributed by atoms with Crippen molar-refractivity contribution < 1.29 is 23.5 Å². The molecule has 1 atom stereocenters. The zero-order chi connectivity index (χ0) is 16.8. The van der Waals surface area contributed by atoms with Gasteiger partial charge in [0.25, 0.3) is 5.91 Å². The van der Waals surface area contributed by atoms with Crippen molar-refractivity contribution in [3.63, 3.8) is 0 Å². The Balaban J connectivity index is 1.75. The Hall–Kier alpha value is -1.63. The van der Waals surface area contributed by atoms with Gasteiger partial charge in [-0.1, -0.05) is 12.8 Å². The van der Waals surface area contributed by atoms with Crippen molar-refractivity contribution in [3.8, 4) is 5.75 Å². The van der Waals surface area contributed by atoms with E-state index in [1.165, 1.54) is 25.1 Å². The van der Waals surface area contributed by atoms with Crippen LogP contribution in [0.3, 0.4) is 0 Å². The summed E-state index contributed by atoms with van der Waals surface area (Å²) in [5.41, 5.74) is 0. The average Bonchev–Trinajstić information content (AvgIpc) is 2.99. The van der Waals surface area contributed by atoms with Gasteiger partial charge in [0.15, 0.2) is 12.7 Å². The molecule has 1 saturated carbocycles. The Morgan fingerprint density at radius 3 is 2.74 bits per heavy atom. The summed E-state index contributed by atoms with van der Waals surface area (Å²) >= 11 is 3.14. The van der Waals surface area contributed by atoms with Crippen molar-refractivity contribution >= 4 is 27.8 Å². The molecule has 1 aromatic rings. The molecule has 0 spiro atoms. The molecule has 126 valence electrons. The normalized spacial score (nSPS) is 16.0. The van der Waals surface area contributed by atoms with Crippen LogP contribution in [0.15, 0.2) is 22.7 Å². The zero-order valence-electron chi connectivity index (χ0n) is 12.8. The van der Waals surface area contributed by atoms with Gasteiger partial charge in [-0.15, -0.1) is 0 Å². The molecule has 0 aromatic heterocycles. The second kappa shape index (κ2) is 8.29. The fourth-order valence-electron chi connectivity index (χ4n) is 2.40. The summed E-state index contributed by atoms with van der Waals surface area (Å²) in [5, 5.41) is 2.87. The van der Waals surface area contributed by atoms with Crippen molar-refractivity contribution in [2.45, 2.75) is 44.8 Å². The smallest absolute Gasteiger partial charge is 0.344 e. The first-order valence-corrected chi connectivity index (χ1v) is 8.32. The SMILES string of the molecule is C[C@H](OC(=O)COc1ccc(F)cc1Br)C(=O)NC1CCCC1. The summed E-state index contributed by atoms with van der Waals surface area (Å²) in [6.07, 6.45) is 3.28. The number of carbonyl (C=O) groups excluding carboxylic acids is 2. The fraction of sp³-hybridized carbons (Fsp3) is 0.500. The van der Waals surface area contributed by atoms with Gasteiger partial charge in [-0.05, 0) is 53.9 Å². The molecule has 5 nitrogen and oxygen atoms in total. The summed E-state index contributed by atoms with van der Waals surface area (Å²) in [7, 11) is 0. The van der Waals surface area contributed by atoms with Crippen molar-refractivity contribution in [1.82, 2.24) is 5.32 Å². The molecular weight excluding hydrogens is 369 g/mol. The highest BCUT2D eigenvalue weighted by atomic mass is 79.9. The summed E-state index contributed by atoms with van der Waals surface area (Å²) in [4.78, 5) is 23.7. The first-order chi connectivity index (χ1) is 11.0. The van der Waals surface area contributed by atoms with Crippen LogP contribution in [-0.2, 0) is 14.3 Å². The van der Waals surface area contributed by atoms with Crippen molar-refractivity contribution in [2.75, 3.05) is 6.61 Å². The molecule has 1 aromatic carbocycles. The lowest BCUT2D eigenvalue weighted by Crippen LogP contribution is -2.41. The van der Waals surface area contributed by atoms with Gasteiger partial charge in [-0.2, -0.15) is 0 Å². The maximum Gasteiger partial charge on any atom is 0.344 e. The molecule has 1 N–H and O–H groups in total. The third-order valence-electron chi connectivity index (χ3n) is 3.62. The van der Waals surface area contributed by atoms with Crippen LogP contribution in [0.1, 0.15) is 32.6 Å². The molecule has 0 aliphatic heterocycles. The number of carbonyl (C=O) groups is 2. The van der Waals surface area contributed by atoms with Gasteiger partial charge < -0.3 is 14.8 Å². The van der Waals surface area contributed by atoms with E-state index < -0.39 is 17.9 Å². The van der Waals surface area contributed by atoms with Crippen molar-refractivity contribution in [2.24, 2.45) is 0 Å². The van der Waals surface area contributed by atoms with Crippen LogP contribution in [0.4, 0.5) is 4.39 Å². The number of ether oxygens (including phenoxy) is 2. The highest BCUT2D eigenvalue weighted by Crippen LogP contribution is 2.25. The molecule has 0 saturated heterocycles. The Labute approximate surface area is 142 Å². The van der Waals surface area contributed by atoms with E-state index in [-0.39, 0.29) is 18.6 Å². The van der Waals surface area contributed by atoms with Crippen LogP contribution in [0.25, 0.3) is 0 Å². The van der Waals surface area contributed by atoms with Crippen LogP contribution in [0.2, 0.25) is 0 Å². The fourth-order valence-corrected chi connectivity index (χ4v) is 2.87. The lowest BCUT2D eigenvalue weighted by atomic mass is 10.2. The predicted octanol–water partition coefficient (Wildman–Crippen LogP) is 2.96. The molecule has 7 heteroatoms. The molecule has 0 heterocycles. The Kier molecular flexibility index (Phi) is 6.38. The lowest BCUT2D eigenvalue weighted by molar-refractivity contribution is -0.156. The van der Waals surface area contributed by atoms with Gasteiger partial charge in [0.05, 0.1) is 4.47 Å². The van der Waals surface area contributed by atoms with E-state index in [9.17, 15) is 14.0 Å². The van der Waals surface area contributed by atoms with Crippen molar-refractivity contribution in [1.29, 1.82) is 0 Å². The monoisotopic (exact) mass is 387 g/mol. The quantitative estimate of drug-likeness (QED) is 0.762. The van der Waals surface area contributed by atoms with Gasteiger partial charge in [-0.3, -0.25) is 4.79 Å². The molecule has 1 fully saturated rings. The van der Waals surface area contributed by atoms with Gasteiger partial charge in [0, 0.05) is 6.04 Å². The summed E-state index contributed by atoms with van der Waals surface area (Å²) in [6.45, 7) is 1.17. The van der Waals surface area contributed by atoms with E-state index in [2.05, 4.69) is 21.2 Å². The maximum atomic E-state index is 13.0. The predicted molar refractivity (Wildman–Crippen MR) is 85.5 cm³/mol. The lowest BCUT2D eigenvalue weighted by Gasteiger charge is -2.17. The van der Waals surface area contributed by atoms with E-state index in [0.717, 1.165) is 25.7 Å². The minimum atomic E-state index is -0.872. The molecular formula is C16H19BrFNO4. The van der Waals surface area contributed by atoms with Gasteiger partial charge in [0.1, 0.15) is 11.6 Å². The highest BCUT2D eigenvalue weighted by molar-refractivity contribution is 9.10. The molecule has 1 aliphatic carbocycles. The number of rotatable bonds is 6. The third-order valence-corrected chi connectivity index (χ3v) is 4.24. The summed E-state index contributed by atoms with van der Waals surface area (Å²) in [6, 6.07) is 4.04. The number of halogens is 2. The van der Waals surface area contributed by atoms with Gasteiger partial charge in [0.2, 0.25) is 0 Å². The third kappa shape index (κ3) is 5.49. The largest absolute Gasteiger partial charge is 0.481 e. The van der Waals surface area contributed by atoms with Crippen molar-refractivity contribution in [3.05, 3.63) is 28.5 Å². The van der Waals surface area contributed by atoms with E-state index in [1.54, 1.807) is 0 Å². The summed E-state index contributed by atoms with van der Waals surface area (Å²) < 4.78 is 23.6. The van der Waals surface area contributed by atoms with Crippen LogP contribution >= 0.6 is 15.9 Å². The van der Waals surface area contributed by atoms with Gasteiger partial charge >= 0.3 is 5.97 Å². The summed E-state index contributed by atoms with van der Waals surface area (Å²) in [5.74, 6) is -1.04. The number of nitrogens with one attached hydrogen (secondary N) is 1. The zero-order valence-corrected chi connectivity index (χ0v) is 14.4. The first-order valence-electron chi connectivity index (χ1n) is 7.53. The Morgan fingerprint density at radius 2 is 2.09 bits per heavy atom. The molecule has 23 heavy (non-hydrogen) atoms. The molecule has 0 unspecified atom stereocenters. The minimum Gasteiger partial charge on any atom is -0.481 e. The topological polar surface area (TPSA) is 64.6 Å². The van der Waals surface area contributed by atoms with Crippen LogP contribution in [-0.4, -0.2) is 30.6 Å². The second-order valence-electron chi connectivity index (χ2n) is 5.49. The van der Waals surface area contributed by atoms with E-state index >= 15 is 0 Å². The number of hydrogen-bond donors (Lipinski definition) is 1. The average molecular weight is 388 g/mol. The minimum absolute atomic E-state index is 0.176. The Morgan fingerprint density at radius 1 is 1.39 bits per heavy atom. The molecule has 0 radical (unpaired) electrons. The van der Waals surface area contributed by atoms with Crippen LogP contribution in [0.5, 0.6) is 5.75 Å². The van der Waals surface area contributed by atoms with E-state index in [1.807, 2.05) is 0 Å². The second-order valence-corrected chi connectivity index (χ2v) is 6.34. The maximum absolute atomic E-state index is 13.0. The van der Waals surface area contributed by atoms with E-state index in [0.29, 0.717) is 10.2 Å². The molecule has 0 bridgehead atoms. The van der Waals surface area contributed by atoms with Crippen LogP contribution in [0, 0.1) is 5.82 Å². The highest BCUT2D eigenvalue weighted by Gasteiger charge is 2.23. The first kappa shape index (κ1) is 17.7. The van der Waals surface area contributed by atoms with Gasteiger partial charge in [-0.25, -0.2) is 9.18 Å². The van der Waals surface area contributed by atoms with Crippen LogP contribution < -0.4 is 10.1 Å². The Bertz CT molecular complexity index is 575. The number of amides is 1. The number of hydrogen-bond acceptors (Lipinski definition) is 4.